The maximum absolute atomic E-state index is 4.46. The first kappa shape index (κ1) is 32.1. The third-order valence-corrected chi connectivity index (χ3v) is 8.01. The number of allylic oxidation sites excluding steroid dienone is 2. The van der Waals surface area contributed by atoms with Gasteiger partial charge in [-0.1, -0.05) is 24.3 Å². The second-order valence-corrected chi connectivity index (χ2v) is 11.5. The number of halogens is 1. The molecule has 0 radical (unpaired) electrons. The molecule has 43 heavy (non-hydrogen) atoms. The number of nitrogens with zero attached hydrogens (tertiary/aromatic N) is 6. The van der Waals surface area contributed by atoms with E-state index in [0.717, 1.165) is 40.3 Å². The first-order valence-electron chi connectivity index (χ1n) is 14.0. The van der Waals surface area contributed by atoms with E-state index < -0.39 is 0 Å². The minimum atomic E-state index is 0.546. The van der Waals surface area contributed by atoms with Crippen LogP contribution in [-0.4, -0.2) is 48.7 Å². The van der Waals surface area contributed by atoms with Crippen molar-refractivity contribution in [1.82, 2.24) is 29.8 Å². The smallest absolute Gasteiger partial charge is 0.0886 e. The summed E-state index contributed by atoms with van der Waals surface area (Å²) in [5.74, 6) is 0. The molecule has 8 heteroatoms. The third-order valence-electron chi connectivity index (χ3n) is 6.36. The SMILES string of the molecule is CN1CC=C([CH]([Ru])CCCBr)C=C1c1ccccn1.c1ccc(-c2ccccn2)nc1.c1ccc(-c2ccccn2)nc1. The minimum Gasteiger partial charge on any atom is -0.255 e. The summed E-state index contributed by atoms with van der Waals surface area (Å²) in [4.78, 5) is 23.4. The number of alkyl halides is 1. The molecule has 1 unspecified atom stereocenters. The van der Waals surface area contributed by atoms with Gasteiger partial charge in [-0.05, 0) is 48.5 Å². The predicted octanol–water partition coefficient (Wildman–Crippen LogP) is 8.09. The van der Waals surface area contributed by atoms with E-state index >= 15 is 0 Å². The quantitative estimate of drug-likeness (QED) is 0.125. The van der Waals surface area contributed by atoms with Gasteiger partial charge in [0.2, 0.25) is 0 Å². The fraction of sp³-hybridized carbons (Fsp3) is 0.171. The summed E-state index contributed by atoms with van der Waals surface area (Å²) in [7, 11) is 2.12. The molecule has 0 spiro atoms. The average Bonchev–Trinajstić information content (AvgIpc) is 3.10. The van der Waals surface area contributed by atoms with Crippen molar-refractivity contribution in [2.45, 2.75) is 17.4 Å². The van der Waals surface area contributed by atoms with Gasteiger partial charge in [-0.3, -0.25) is 19.9 Å². The standard InChI is InChI=1S/C15H18BrN2.2C10H8N2.Ru/c1-18-11-8-13(6-2-4-9-16)12-15(18)14-7-3-5-10-17-14;2*1-3-7-11-9(5-1)10-6-2-4-8-12-10;/h3,5-8,10,12H,2,4,9,11H2,1H3;2*1-8H;. The molecule has 0 bridgehead atoms. The van der Waals surface area contributed by atoms with Crippen molar-refractivity contribution in [3.8, 4) is 22.8 Å². The molecule has 0 saturated heterocycles. The second kappa shape index (κ2) is 17.9. The van der Waals surface area contributed by atoms with Gasteiger partial charge in [0.25, 0.3) is 0 Å². The maximum atomic E-state index is 4.46. The molecule has 219 valence electrons. The number of hydrogen-bond donors (Lipinski definition) is 0. The normalized spacial score (nSPS) is 12.9. The van der Waals surface area contributed by atoms with Crippen molar-refractivity contribution in [2.24, 2.45) is 0 Å². The molecule has 0 aromatic carbocycles. The van der Waals surface area contributed by atoms with Crippen molar-refractivity contribution in [3.63, 3.8) is 0 Å². The van der Waals surface area contributed by atoms with E-state index in [1.54, 1.807) is 24.8 Å². The molecule has 6 rings (SSSR count). The van der Waals surface area contributed by atoms with Gasteiger partial charge in [0.15, 0.2) is 0 Å². The third kappa shape index (κ3) is 10.4. The van der Waals surface area contributed by atoms with Crippen molar-refractivity contribution in [2.75, 3.05) is 18.9 Å². The Morgan fingerprint density at radius 1 is 0.651 bits per heavy atom. The number of rotatable bonds is 7. The van der Waals surface area contributed by atoms with E-state index in [2.05, 4.69) is 89.3 Å². The second-order valence-electron chi connectivity index (χ2n) is 9.47. The summed E-state index contributed by atoms with van der Waals surface area (Å²) in [6, 6.07) is 29.3. The van der Waals surface area contributed by atoms with E-state index in [1.807, 2.05) is 91.1 Å². The fourth-order valence-corrected chi connectivity index (χ4v) is 5.17. The molecule has 0 saturated carbocycles. The molecule has 5 aromatic heterocycles. The molecule has 0 aliphatic carbocycles. The van der Waals surface area contributed by atoms with Gasteiger partial charge in [0.1, 0.15) is 0 Å². The molecule has 6 nitrogen and oxygen atoms in total. The molecule has 5 aromatic rings. The van der Waals surface area contributed by atoms with Crippen LogP contribution in [0.25, 0.3) is 28.5 Å². The predicted molar refractivity (Wildman–Crippen MR) is 175 cm³/mol. The molecule has 0 amide bonds. The van der Waals surface area contributed by atoms with Crippen LogP contribution < -0.4 is 0 Å². The summed E-state index contributed by atoms with van der Waals surface area (Å²) in [5, 5.41) is 1.07. The molecule has 0 fully saturated rings. The van der Waals surface area contributed by atoms with Crippen LogP contribution in [0, 0.1) is 0 Å². The van der Waals surface area contributed by atoms with Gasteiger partial charge in [-0.15, -0.1) is 0 Å². The van der Waals surface area contributed by atoms with Crippen molar-refractivity contribution < 1.29 is 18.3 Å². The van der Waals surface area contributed by atoms with Gasteiger partial charge in [0, 0.05) is 24.8 Å². The van der Waals surface area contributed by atoms with Crippen LogP contribution in [0.1, 0.15) is 18.5 Å². The van der Waals surface area contributed by atoms with Gasteiger partial charge < -0.3 is 0 Å². The number of pyridine rings is 5. The monoisotopic (exact) mass is 719 g/mol. The molecule has 1 atom stereocenters. The first-order chi connectivity index (χ1) is 21.2. The van der Waals surface area contributed by atoms with Crippen LogP contribution in [0.2, 0.25) is 4.51 Å². The van der Waals surface area contributed by atoms with Crippen LogP contribution >= 0.6 is 15.9 Å². The van der Waals surface area contributed by atoms with Crippen LogP contribution in [0.15, 0.2) is 140 Å². The van der Waals surface area contributed by atoms with Crippen molar-refractivity contribution in [3.05, 3.63) is 145 Å². The number of likely N-dealkylation sites (N-methyl/N-ethyl adjacent to an activating group) is 1. The summed E-state index contributed by atoms with van der Waals surface area (Å²) >= 11 is 6.36. The van der Waals surface area contributed by atoms with Gasteiger partial charge in [0.05, 0.1) is 22.8 Å². The summed E-state index contributed by atoms with van der Waals surface area (Å²) < 4.78 is 0.546. The van der Waals surface area contributed by atoms with Gasteiger partial charge in [-0.25, -0.2) is 0 Å². The van der Waals surface area contributed by atoms with Crippen molar-refractivity contribution >= 4 is 21.6 Å². The number of aromatic nitrogens is 5. The van der Waals surface area contributed by atoms with Crippen LogP contribution in [0.5, 0.6) is 0 Å². The Morgan fingerprint density at radius 3 is 1.40 bits per heavy atom. The molecular weight excluding hydrogens is 685 g/mol. The minimum absolute atomic E-state index is 0.546. The molecule has 0 N–H and O–H groups in total. The van der Waals surface area contributed by atoms with E-state index in [-0.39, 0.29) is 0 Å². The fourth-order valence-electron chi connectivity index (χ4n) is 4.14. The Balaban J connectivity index is 0.000000154. The summed E-state index contributed by atoms with van der Waals surface area (Å²) in [6.07, 6.45) is 15.9. The summed E-state index contributed by atoms with van der Waals surface area (Å²) in [5.41, 5.74) is 7.34. The Labute approximate surface area is 272 Å². The Morgan fingerprint density at radius 2 is 1.05 bits per heavy atom. The largest absolute Gasteiger partial charge is 0.255 e. The molecule has 6 heterocycles. The topological polar surface area (TPSA) is 67.7 Å². The molecule has 1 aliphatic rings. The van der Waals surface area contributed by atoms with E-state index in [0.29, 0.717) is 4.51 Å². The zero-order valence-electron chi connectivity index (χ0n) is 24.0. The Hall–Kier alpha value is -3.87. The first-order valence-corrected chi connectivity index (χ1v) is 16.2. The zero-order chi connectivity index (χ0) is 30.1. The maximum Gasteiger partial charge on any atom is 0.0886 e. The van der Waals surface area contributed by atoms with Gasteiger partial charge in [-0.2, -0.15) is 0 Å². The molecule has 1 aliphatic heterocycles. The number of hydrogen-bond acceptors (Lipinski definition) is 6. The van der Waals surface area contributed by atoms with Crippen molar-refractivity contribution in [1.29, 1.82) is 0 Å². The zero-order valence-corrected chi connectivity index (χ0v) is 27.3. The summed E-state index contributed by atoms with van der Waals surface area (Å²) in [6.45, 7) is 0.957. The van der Waals surface area contributed by atoms with Crippen LogP contribution in [0.4, 0.5) is 0 Å². The Kier molecular flexibility index (Phi) is 13.4. The van der Waals surface area contributed by atoms with E-state index in [1.165, 1.54) is 24.1 Å². The van der Waals surface area contributed by atoms with Crippen LogP contribution in [0.3, 0.4) is 0 Å². The van der Waals surface area contributed by atoms with Crippen LogP contribution in [-0.2, 0) is 18.3 Å². The van der Waals surface area contributed by atoms with E-state index in [4.69, 9.17) is 0 Å². The van der Waals surface area contributed by atoms with E-state index in [9.17, 15) is 0 Å². The van der Waals surface area contributed by atoms with Gasteiger partial charge >= 0.3 is 134 Å². The Bertz CT molecular complexity index is 1390. The average molecular weight is 720 g/mol. The molecular formula is C35H34BrN6Ru.